The van der Waals surface area contributed by atoms with Gasteiger partial charge in [-0.25, -0.2) is 0 Å². The first kappa shape index (κ1) is 11.1. The van der Waals surface area contributed by atoms with Gasteiger partial charge in [0.1, 0.15) is 5.75 Å². The van der Waals surface area contributed by atoms with E-state index in [1.807, 2.05) is 12.1 Å². The lowest BCUT2D eigenvalue weighted by Crippen LogP contribution is -1.97. The highest BCUT2D eigenvalue weighted by molar-refractivity contribution is 5.28. The number of ether oxygens (including phenoxy) is 1. The summed E-state index contributed by atoms with van der Waals surface area (Å²) in [5, 5.41) is 0. The zero-order valence-electron chi connectivity index (χ0n) is 8.96. The van der Waals surface area contributed by atoms with Gasteiger partial charge in [-0.2, -0.15) is 0 Å². The summed E-state index contributed by atoms with van der Waals surface area (Å²) < 4.78 is 5.62. The molecule has 14 heavy (non-hydrogen) atoms. The van der Waals surface area contributed by atoms with Crippen molar-refractivity contribution in [2.75, 3.05) is 6.61 Å². The minimum Gasteiger partial charge on any atom is -0.494 e. The van der Waals surface area contributed by atoms with Crippen molar-refractivity contribution < 1.29 is 4.74 Å². The van der Waals surface area contributed by atoms with E-state index in [1.54, 1.807) is 0 Å². The molecule has 0 unspecified atom stereocenters. The van der Waals surface area contributed by atoms with E-state index in [2.05, 4.69) is 26.0 Å². The standard InChI is InChI=1S/C13H19O/c1-3-5-6-10-14-13-9-7-8-12(4-2)11-13/h7-9,11H,2-6,10H2,1H3. The van der Waals surface area contributed by atoms with Crippen LogP contribution in [0.2, 0.25) is 0 Å². The van der Waals surface area contributed by atoms with Crippen LogP contribution in [-0.2, 0) is 6.42 Å². The summed E-state index contributed by atoms with van der Waals surface area (Å²) in [6, 6.07) is 8.17. The Morgan fingerprint density at radius 3 is 2.86 bits per heavy atom. The molecule has 1 heteroatoms. The molecule has 0 saturated carbocycles. The predicted octanol–water partition coefficient (Wildman–Crippen LogP) is 3.63. The normalized spacial score (nSPS) is 10.1. The first-order valence-electron chi connectivity index (χ1n) is 5.37. The van der Waals surface area contributed by atoms with Crippen LogP contribution in [0.1, 0.15) is 31.7 Å². The number of hydrogen-bond donors (Lipinski definition) is 0. The van der Waals surface area contributed by atoms with Gasteiger partial charge in [-0.3, -0.25) is 0 Å². The molecule has 0 aromatic heterocycles. The fourth-order valence-electron chi connectivity index (χ4n) is 1.33. The molecule has 0 amide bonds. The highest BCUT2D eigenvalue weighted by Crippen LogP contribution is 2.14. The van der Waals surface area contributed by atoms with Crippen LogP contribution >= 0.6 is 0 Å². The molecule has 0 atom stereocenters. The summed E-state index contributed by atoms with van der Waals surface area (Å²) >= 11 is 0. The van der Waals surface area contributed by atoms with Crippen molar-refractivity contribution in [3.63, 3.8) is 0 Å². The van der Waals surface area contributed by atoms with Gasteiger partial charge in [0, 0.05) is 0 Å². The lowest BCUT2D eigenvalue weighted by molar-refractivity contribution is 0.306. The van der Waals surface area contributed by atoms with Gasteiger partial charge in [0.2, 0.25) is 0 Å². The van der Waals surface area contributed by atoms with Crippen LogP contribution < -0.4 is 4.74 Å². The summed E-state index contributed by atoms with van der Waals surface area (Å²) in [7, 11) is 0. The maximum atomic E-state index is 5.62. The molecule has 0 bridgehead atoms. The van der Waals surface area contributed by atoms with Gasteiger partial charge >= 0.3 is 0 Å². The topological polar surface area (TPSA) is 9.23 Å². The second-order valence-electron chi connectivity index (χ2n) is 3.45. The Morgan fingerprint density at radius 2 is 2.14 bits per heavy atom. The average molecular weight is 191 g/mol. The van der Waals surface area contributed by atoms with Crippen LogP contribution in [0.15, 0.2) is 24.3 Å². The lowest BCUT2D eigenvalue weighted by Gasteiger charge is -2.06. The number of benzene rings is 1. The molecule has 1 rings (SSSR count). The van der Waals surface area contributed by atoms with Crippen LogP contribution in [0.25, 0.3) is 0 Å². The van der Waals surface area contributed by atoms with Crippen LogP contribution in [0.4, 0.5) is 0 Å². The predicted molar refractivity (Wildman–Crippen MR) is 60.5 cm³/mol. The Hall–Kier alpha value is -0.980. The zero-order chi connectivity index (χ0) is 10.2. The molecule has 1 radical (unpaired) electrons. The molecule has 77 valence electrons. The Bertz CT molecular complexity index is 255. The summed E-state index contributed by atoms with van der Waals surface area (Å²) in [5.41, 5.74) is 1.23. The van der Waals surface area contributed by atoms with E-state index in [0.717, 1.165) is 25.2 Å². The number of hydrogen-bond acceptors (Lipinski definition) is 1. The van der Waals surface area contributed by atoms with Crippen molar-refractivity contribution in [1.82, 2.24) is 0 Å². The smallest absolute Gasteiger partial charge is 0.119 e. The van der Waals surface area contributed by atoms with E-state index in [1.165, 1.54) is 18.4 Å². The fourth-order valence-corrected chi connectivity index (χ4v) is 1.33. The third-order valence-corrected chi connectivity index (χ3v) is 2.20. The first-order chi connectivity index (χ1) is 6.86. The van der Waals surface area contributed by atoms with Crippen LogP contribution in [0.3, 0.4) is 0 Å². The largest absolute Gasteiger partial charge is 0.494 e. The quantitative estimate of drug-likeness (QED) is 0.624. The Morgan fingerprint density at radius 1 is 1.29 bits per heavy atom. The molecular formula is C13H19O. The van der Waals surface area contributed by atoms with E-state index in [0.29, 0.717) is 0 Å². The highest BCUT2D eigenvalue weighted by Gasteiger charge is 1.94. The lowest BCUT2D eigenvalue weighted by atomic mass is 10.2. The molecule has 0 aliphatic rings. The van der Waals surface area contributed by atoms with Gasteiger partial charge < -0.3 is 4.74 Å². The summed E-state index contributed by atoms with van der Waals surface area (Å²) in [6.45, 7) is 6.88. The Labute approximate surface area is 87.1 Å². The molecule has 0 spiro atoms. The van der Waals surface area contributed by atoms with Crippen molar-refractivity contribution in [1.29, 1.82) is 0 Å². The number of unbranched alkanes of at least 4 members (excludes halogenated alkanes) is 2. The minimum absolute atomic E-state index is 0.826. The Kier molecular flexibility index (Phi) is 5.13. The van der Waals surface area contributed by atoms with Crippen molar-refractivity contribution in [3.05, 3.63) is 36.8 Å². The maximum absolute atomic E-state index is 5.62. The molecular weight excluding hydrogens is 172 g/mol. The minimum atomic E-state index is 0.826. The number of rotatable bonds is 6. The molecule has 0 N–H and O–H groups in total. The maximum Gasteiger partial charge on any atom is 0.119 e. The van der Waals surface area contributed by atoms with Gasteiger partial charge in [-0.1, -0.05) is 31.9 Å². The second-order valence-corrected chi connectivity index (χ2v) is 3.45. The molecule has 0 fully saturated rings. The van der Waals surface area contributed by atoms with Gasteiger partial charge in [0.05, 0.1) is 6.61 Å². The van der Waals surface area contributed by atoms with Crippen molar-refractivity contribution >= 4 is 0 Å². The fraction of sp³-hybridized carbons (Fsp3) is 0.462. The third-order valence-electron chi connectivity index (χ3n) is 2.20. The first-order valence-corrected chi connectivity index (χ1v) is 5.37. The summed E-state index contributed by atoms with van der Waals surface area (Å²) in [5.74, 6) is 0.974. The molecule has 1 aromatic rings. The molecule has 0 saturated heterocycles. The highest BCUT2D eigenvalue weighted by atomic mass is 16.5. The molecule has 0 aliphatic heterocycles. The van der Waals surface area contributed by atoms with Crippen molar-refractivity contribution in [2.45, 2.75) is 32.6 Å². The SMILES string of the molecule is [CH2]Cc1cccc(OCCCCC)c1. The van der Waals surface area contributed by atoms with Gasteiger partial charge in [0.25, 0.3) is 0 Å². The molecule has 1 aromatic carbocycles. The molecule has 0 aliphatic carbocycles. The summed E-state index contributed by atoms with van der Waals surface area (Å²) in [6.07, 6.45) is 4.45. The van der Waals surface area contributed by atoms with E-state index >= 15 is 0 Å². The van der Waals surface area contributed by atoms with Crippen LogP contribution in [0.5, 0.6) is 5.75 Å². The van der Waals surface area contributed by atoms with Gasteiger partial charge in [-0.15, -0.1) is 0 Å². The van der Waals surface area contributed by atoms with Crippen LogP contribution in [0, 0.1) is 6.92 Å². The Balaban J connectivity index is 2.34. The third kappa shape index (κ3) is 3.82. The summed E-state index contributed by atoms with van der Waals surface area (Å²) in [4.78, 5) is 0. The van der Waals surface area contributed by atoms with E-state index in [4.69, 9.17) is 4.74 Å². The van der Waals surface area contributed by atoms with E-state index < -0.39 is 0 Å². The van der Waals surface area contributed by atoms with Crippen LogP contribution in [-0.4, -0.2) is 6.61 Å². The zero-order valence-corrected chi connectivity index (χ0v) is 8.96. The second kappa shape index (κ2) is 6.47. The monoisotopic (exact) mass is 191 g/mol. The van der Waals surface area contributed by atoms with E-state index in [9.17, 15) is 0 Å². The molecule has 0 heterocycles. The van der Waals surface area contributed by atoms with Crippen molar-refractivity contribution in [2.24, 2.45) is 0 Å². The van der Waals surface area contributed by atoms with Gasteiger partial charge in [-0.05, 0) is 37.5 Å². The van der Waals surface area contributed by atoms with Gasteiger partial charge in [0.15, 0.2) is 0 Å². The average Bonchev–Trinajstić information content (AvgIpc) is 2.25. The van der Waals surface area contributed by atoms with E-state index in [-0.39, 0.29) is 0 Å². The molecule has 1 nitrogen and oxygen atoms in total. The van der Waals surface area contributed by atoms with Crippen molar-refractivity contribution in [3.8, 4) is 5.75 Å².